The fraction of sp³-hybridized carbons (Fsp3) is 0.333. The summed E-state index contributed by atoms with van der Waals surface area (Å²) in [7, 11) is -0.967. The van der Waals surface area contributed by atoms with E-state index in [0.29, 0.717) is 30.3 Å². The highest BCUT2D eigenvalue weighted by Crippen LogP contribution is 2.50. The Morgan fingerprint density at radius 1 is 0.974 bits per heavy atom. The normalized spacial score (nSPS) is 25.0. The third-order valence-corrected chi connectivity index (χ3v) is 8.98. The maximum atomic E-state index is 13.7. The Labute approximate surface area is 229 Å². The van der Waals surface area contributed by atoms with E-state index in [2.05, 4.69) is 19.9 Å². The summed E-state index contributed by atoms with van der Waals surface area (Å²) in [4.78, 5) is 27.1. The van der Waals surface area contributed by atoms with Gasteiger partial charge in [-0.05, 0) is 67.4 Å². The number of hydrogen-bond acceptors (Lipinski definition) is 5. The Bertz CT molecular complexity index is 1540. The molecule has 2 N–H and O–H groups in total. The summed E-state index contributed by atoms with van der Waals surface area (Å²) in [6.45, 7) is 4.19. The van der Waals surface area contributed by atoms with Gasteiger partial charge in [0.2, 0.25) is 0 Å². The van der Waals surface area contributed by atoms with Crippen molar-refractivity contribution in [2.24, 2.45) is 17.8 Å². The molecule has 2 aliphatic carbocycles. The molecule has 0 aromatic heterocycles. The van der Waals surface area contributed by atoms with Crippen molar-refractivity contribution in [2.45, 2.75) is 52.0 Å². The fourth-order valence-electron chi connectivity index (χ4n) is 7.14. The average Bonchev–Trinajstić information content (AvgIpc) is 2.94. The summed E-state index contributed by atoms with van der Waals surface area (Å²) in [5.74, 6) is -0.683. The minimum atomic E-state index is -0.967. The molecular formula is C33H33BO5. The third kappa shape index (κ3) is 4.46. The van der Waals surface area contributed by atoms with Crippen molar-refractivity contribution >= 4 is 35.5 Å². The number of aromatic hydroxyl groups is 1. The molecule has 1 aliphatic heterocycles. The van der Waals surface area contributed by atoms with Crippen LogP contribution in [0.25, 0.3) is 16.8 Å². The van der Waals surface area contributed by atoms with Gasteiger partial charge in [0.05, 0.1) is 6.10 Å². The van der Waals surface area contributed by atoms with E-state index in [0.717, 1.165) is 40.3 Å². The van der Waals surface area contributed by atoms with Gasteiger partial charge in [-0.2, -0.15) is 0 Å². The lowest BCUT2D eigenvalue weighted by Crippen LogP contribution is -2.50. The smallest absolute Gasteiger partial charge is 0.455 e. The Morgan fingerprint density at radius 3 is 2.41 bits per heavy atom. The predicted molar refractivity (Wildman–Crippen MR) is 154 cm³/mol. The first-order chi connectivity index (χ1) is 18.9. The molecule has 3 aliphatic rings. The molecule has 0 amide bonds. The fourth-order valence-corrected chi connectivity index (χ4v) is 7.14. The molecule has 3 aromatic carbocycles. The van der Waals surface area contributed by atoms with Crippen LogP contribution in [0.15, 0.2) is 77.4 Å². The van der Waals surface area contributed by atoms with E-state index < -0.39 is 13.0 Å². The molecule has 39 heavy (non-hydrogen) atoms. The standard InChI is InChI=1S/C33H33BO5/c1-3-20(17-21-13-14-28(35)23-9-5-4-8-22(21)23)12-15-29-30-19(2)16-26-31(27(30)18-34(38)39-29)33(37)25-11-7-6-10-24(25)32(26)36/h4-11,13-14,17,26-27,29,31,35,38H,3,12,15-16,18H2,1-2H3/b20-17+/t26-,27+,29-,31-/m1/s1. The first-order valence-electron chi connectivity index (χ1n) is 14.0. The van der Waals surface area contributed by atoms with Crippen molar-refractivity contribution in [3.63, 3.8) is 0 Å². The van der Waals surface area contributed by atoms with Gasteiger partial charge < -0.3 is 14.8 Å². The van der Waals surface area contributed by atoms with Crippen molar-refractivity contribution in [1.29, 1.82) is 0 Å². The molecule has 4 atom stereocenters. The van der Waals surface area contributed by atoms with Crippen molar-refractivity contribution in [3.05, 3.63) is 94.1 Å². The van der Waals surface area contributed by atoms with E-state index in [1.807, 2.05) is 42.5 Å². The first kappa shape index (κ1) is 25.8. The summed E-state index contributed by atoms with van der Waals surface area (Å²) in [6.07, 6.45) is 5.11. The van der Waals surface area contributed by atoms with Gasteiger partial charge in [-0.15, -0.1) is 0 Å². The number of carbonyl (C=O) groups excluding carboxylic acids is 2. The van der Waals surface area contributed by atoms with Crippen LogP contribution >= 0.6 is 0 Å². The molecule has 0 radical (unpaired) electrons. The van der Waals surface area contributed by atoms with Gasteiger partial charge in [0.1, 0.15) is 5.75 Å². The van der Waals surface area contributed by atoms with Gasteiger partial charge in [-0.1, -0.05) is 78.7 Å². The Hall–Kier alpha value is -3.48. The topological polar surface area (TPSA) is 83.8 Å². The molecule has 0 saturated carbocycles. The first-order valence-corrected chi connectivity index (χ1v) is 14.0. The van der Waals surface area contributed by atoms with Gasteiger partial charge in [-0.25, -0.2) is 0 Å². The van der Waals surface area contributed by atoms with E-state index >= 15 is 0 Å². The number of allylic oxidation sites excluding steroid dienone is 2. The number of hydrogen-bond donors (Lipinski definition) is 2. The molecule has 6 heteroatoms. The Balaban J connectivity index is 1.29. The van der Waals surface area contributed by atoms with E-state index in [9.17, 15) is 19.7 Å². The minimum absolute atomic E-state index is 0.0198. The van der Waals surface area contributed by atoms with Crippen LogP contribution in [0, 0.1) is 17.8 Å². The SMILES string of the molecule is CC/C(=C\c1ccc(O)c2ccccc12)CC[C@H]1OB(O)C[C@H]2C1=C(C)C[C@H]1C(=O)c3ccccc3C(=O)[C@H]12. The van der Waals surface area contributed by atoms with Gasteiger partial charge in [0, 0.05) is 28.3 Å². The number of rotatable bonds is 5. The van der Waals surface area contributed by atoms with Crippen LogP contribution in [0.4, 0.5) is 0 Å². The Kier molecular flexibility index (Phi) is 6.78. The zero-order chi connectivity index (χ0) is 27.3. The highest BCUT2D eigenvalue weighted by Gasteiger charge is 2.52. The van der Waals surface area contributed by atoms with E-state index in [1.54, 1.807) is 18.2 Å². The maximum Gasteiger partial charge on any atom is 0.455 e. The maximum absolute atomic E-state index is 13.7. The number of fused-ring (bicyclic) bond motifs is 5. The summed E-state index contributed by atoms with van der Waals surface area (Å²) in [5.41, 5.74) is 5.57. The van der Waals surface area contributed by atoms with Crippen LogP contribution in [0.5, 0.6) is 5.75 Å². The summed E-state index contributed by atoms with van der Waals surface area (Å²) in [6, 6.07) is 18.7. The van der Waals surface area contributed by atoms with Gasteiger partial charge in [-0.3, -0.25) is 9.59 Å². The molecule has 0 spiro atoms. The molecule has 1 heterocycles. The van der Waals surface area contributed by atoms with Crippen LogP contribution in [-0.4, -0.2) is 34.9 Å². The third-order valence-electron chi connectivity index (χ3n) is 8.98. The molecule has 5 nitrogen and oxygen atoms in total. The predicted octanol–water partition coefficient (Wildman–Crippen LogP) is 6.65. The van der Waals surface area contributed by atoms with Crippen LogP contribution in [0.3, 0.4) is 0 Å². The van der Waals surface area contributed by atoms with Crippen LogP contribution < -0.4 is 0 Å². The largest absolute Gasteiger partial charge is 0.507 e. The molecule has 0 unspecified atom stereocenters. The molecule has 3 aromatic rings. The second-order valence-electron chi connectivity index (χ2n) is 11.2. The van der Waals surface area contributed by atoms with Crippen molar-refractivity contribution < 1.29 is 24.4 Å². The molecule has 0 bridgehead atoms. The summed E-state index contributed by atoms with van der Waals surface area (Å²) < 4.78 is 6.11. The number of benzene rings is 3. The van der Waals surface area contributed by atoms with Gasteiger partial charge in [0.25, 0.3) is 0 Å². The van der Waals surface area contributed by atoms with Crippen LogP contribution in [0.1, 0.15) is 65.8 Å². The van der Waals surface area contributed by atoms with E-state index in [-0.39, 0.29) is 35.3 Å². The highest BCUT2D eigenvalue weighted by atomic mass is 16.5. The number of phenols is 1. The van der Waals surface area contributed by atoms with Gasteiger partial charge >= 0.3 is 7.12 Å². The minimum Gasteiger partial charge on any atom is -0.507 e. The van der Waals surface area contributed by atoms with Crippen molar-refractivity contribution in [1.82, 2.24) is 0 Å². The zero-order valence-corrected chi connectivity index (χ0v) is 22.4. The Morgan fingerprint density at radius 2 is 1.67 bits per heavy atom. The quantitative estimate of drug-likeness (QED) is 0.291. The second-order valence-corrected chi connectivity index (χ2v) is 11.2. The second kappa shape index (κ2) is 10.3. The number of ketones is 2. The van der Waals surface area contributed by atoms with Crippen molar-refractivity contribution in [3.8, 4) is 5.75 Å². The number of Topliss-reactive ketones (excluding diaryl/α,β-unsaturated/α-hetero) is 2. The van der Waals surface area contributed by atoms with E-state index in [1.165, 1.54) is 5.57 Å². The monoisotopic (exact) mass is 520 g/mol. The van der Waals surface area contributed by atoms with E-state index in [4.69, 9.17) is 4.65 Å². The molecule has 1 fully saturated rings. The van der Waals surface area contributed by atoms with Crippen LogP contribution in [-0.2, 0) is 4.65 Å². The van der Waals surface area contributed by atoms with Crippen molar-refractivity contribution in [2.75, 3.05) is 0 Å². The molecule has 198 valence electrons. The number of carbonyl (C=O) groups is 2. The van der Waals surface area contributed by atoms with Crippen LogP contribution in [0.2, 0.25) is 6.32 Å². The molecule has 1 saturated heterocycles. The zero-order valence-electron chi connectivity index (χ0n) is 22.4. The lowest BCUT2D eigenvalue weighted by Gasteiger charge is -2.47. The lowest BCUT2D eigenvalue weighted by molar-refractivity contribution is 0.0601. The average molecular weight is 520 g/mol. The lowest BCUT2D eigenvalue weighted by atomic mass is 9.54. The molecule has 6 rings (SSSR count). The number of phenolic OH excluding ortho intramolecular Hbond substituents is 1. The van der Waals surface area contributed by atoms with Gasteiger partial charge in [0.15, 0.2) is 11.6 Å². The summed E-state index contributed by atoms with van der Waals surface area (Å²) >= 11 is 0. The molecular weight excluding hydrogens is 487 g/mol. The highest BCUT2D eigenvalue weighted by molar-refractivity contribution is 6.43. The summed E-state index contributed by atoms with van der Waals surface area (Å²) in [5, 5.41) is 22.9.